The summed E-state index contributed by atoms with van der Waals surface area (Å²) < 4.78 is 14.4. The van der Waals surface area contributed by atoms with Gasteiger partial charge in [0, 0.05) is 0 Å². The van der Waals surface area contributed by atoms with Crippen LogP contribution in [0.2, 0.25) is 0 Å². The fraction of sp³-hybridized carbons (Fsp3) is 0.583. The van der Waals surface area contributed by atoms with Crippen molar-refractivity contribution in [2.24, 2.45) is 0 Å². The van der Waals surface area contributed by atoms with E-state index in [1.165, 1.54) is 7.11 Å². The molecule has 1 rings (SSSR count). The molecule has 0 aromatic carbocycles. The lowest BCUT2D eigenvalue weighted by Gasteiger charge is -2.30. The molecule has 19 heavy (non-hydrogen) atoms. The van der Waals surface area contributed by atoms with Gasteiger partial charge in [-0.25, -0.2) is 14.4 Å². The van der Waals surface area contributed by atoms with Gasteiger partial charge in [0.2, 0.25) is 0 Å². The highest BCUT2D eigenvalue weighted by Crippen LogP contribution is 2.17. The van der Waals surface area contributed by atoms with Crippen molar-refractivity contribution >= 4 is 18.0 Å². The van der Waals surface area contributed by atoms with E-state index in [2.05, 4.69) is 4.74 Å². The summed E-state index contributed by atoms with van der Waals surface area (Å²) in [5, 5.41) is 0. The Hall–Kier alpha value is -2.05. The van der Waals surface area contributed by atoms with Crippen LogP contribution in [0.4, 0.5) is 4.79 Å². The molecule has 7 nitrogen and oxygen atoms in total. The molecule has 0 atom stereocenters. The molecule has 0 N–H and O–H groups in total. The van der Waals surface area contributed by atoms with Crippen LogP contribution in [0.25, 0.3) is 0 Å². The molecular formula is C12H17NO6. The van der Waals surface area contributed by atoms with Gasteiger partial charge in [-0.15, -0.1) is 0 Å². The minimum Gasteiger partial charge on any atom is -0.466 e. The molecular weight excluding hydrogens is 254 g/mol. The standard InChI is InChI=1S/C12H17NO6/c1-12(2,3)19-11(16)13-5-6-18-10(15)8(13)7-9(14)17-4/h7H,5-6H2,1-4H3/b8-7+. The Morgan fingerprint density at radius 3 is 2.53 bits per heavy atom. The highest BCUT2D eigenvalue weighted by Gasteiger charge is 2.33. The Balaban J connectivity index is 2.95. The van der Waals surface area contributed by atoms with Crippen molar-refractivity contribution in [2.45, 2.75) is 26.4 Å². The van der Waals surface area contributed by atoms with Gasteiger partial charge in [0.25, 0.3) is 0 Å². The van der Waals surface area contributed by atoms with Crippen molar-refractivity contribution in [1.82, 2.24) is 4.90 Å². The number of cyclic esters (lactones) is 1. The average molecular weight is 271 g/mol. The van der Waals surface area contributed by atoms with Crippen LogP contribution < -0.4 is 0 Å². The van der Waals surface area contributed by atoms with Crippen molar-refractivity contribution in [3.8, 4) is 0 Å². The fourth-order valence-corrected chi connectivity index (χ4v) is 1.35. The number of hydrogen-bond acceptors (Lipinski definition) is 6. The smallest absolute Gasteiger partial charge is 0.415 e. The Kier molecular flexibility index (Phi) is 4.52. The quantitative estimate of drug-likeness (QED) is 0.399. The van der Waals surface area contributed by atoms with E-state index in [1.54, 1.807) is 20.8 Å². The lowest BCUT2D eigenvalue weighted by atomic mass is 10.2. The zero-order valence-corrected chi connectivity index (χ0v) is 11.4. The van der Waals surface area contributed by atoms with Crippen LogP contribution in [-0.2, 0) is 23.8 Å². The van der Waals surface area contributed by atoms with E-state index in [9.17, 15) is 14.4 Å². The molecule has 1 aliphatic heterocycles. The Morgan fingerprint density at radius 1 is 1.37 bits per heavy atom. The summed E-state index contributed by atoms with van der Waals surface area (Å²) >= 11 is 0. The number of amides is 1. The zero-order chi connectivity index (χ0) is 14.6. The zero-order valence-electron chi connectivity index (χ0n) is 11.4. The second-order valence-electron chi connectivity index (χ2n) is 4.82. The number of carbonyl (C=O) groups excluding carboxylic acids is 3. The van der Waals surface area contributed by atoms with E-state index in [-0.39, 0.29) is 18.8 Å². The minimum atomic E-state index is -0.762. The third-order valence-corrected chi connectivity index (χ3v) is 2.12. The average Bonchev–Trinajstić information content (AvgIpc) is 2.29. The summed E-state index contributed by atoms with van der Waals surface area (Å²) in [6, 6.07) is 0. The van der Waals surface area contributed by atoms with Crippen LogP contribution in [-0.4, -0.2) is 48.8 Å². The molecule has 1 aliphatic rings. The number of nitrogens with zero attached hydrogens (tertiary/aromatic N) is 1. The minimum absolute atomic E-state index is 0.0522. The first-order valence-corrected chi connectivity index (χ1v) is 5.72. The molecule has 7 heteroatoms. The molecule has 0 aliphatic carbocycles. The molecule has 0 spiro atoms. The first-order valence-electron chi connectivity index (χ1n) is 5.72. The van der Waals surface area contributed by atoms with Gasteiger partial charge in [-0.05, 0) is 20.8 Å². The maximum atomic E-state index is 11.9. The summed E-state index contributed by atoms with van der Waals surface area (Å²) in [4.78, 5) is 35.8. The molecule has 106 valence electrons. The summed E-state index contributed by atoms with van der Waals surface area (Å²) in [6.07, 6.45) is 0.199. The van der Waals surface area contributed by atoms with E-state index in [4.69, 9.17) is 9.47 Å². The topological polar surface area (TPSA) is 82.1 Å². The largest absolute Gasteiger partial charge is 0.466 e. The van der Waals surface area contributed by atoms with Crippen LogP contribution in [0, 0.1) is 0 Å². The van der Waals surface area contributed by atoms with E-state index in [0.717, 1.165) is 11.0 Å². The van der Waals surface area contributed by atoms with Crippen molar-refractivity contribution in [3.05, 3.63) is 11.8 Å². The number of rotatable bonds is 1. The number of methoxy groups -OCH3 is 1. The third kappa shape index (κ3) is 4.27. The van der Waals surface area contributed by atoms with Gasteiger partial charge < -0.3 is 14.2 Å². The predicted molar refractivity (Wildman–Crippen MR) is 64.0 cm³/mol. The van der Waals surface area contributed by atoms with Crippen LogP contribution in [0.5, 0.6) is 0 Å². The highest BCUT2D eigenvalue weighted by atomic mass is 16.6. The molecule has 1 amide bonds. The van der Waals surface area contributed by atoms with Gasteiger partial charge in [0.1, 0.15) is 17.9 Å². The molecule has 1 fully saturated rings. The number of hydrogen-bond donors (Lipinski definition) is 0. The first kappa shape index (κ1) is 15.0. The van der Waals surface area contributed by atoms with Gasteiger partial charge in [-0.2, -0.15) is 0 Å². The number of ether oxygens (including phenoxy) is 3. The lowest BCUT2D eigenvalue weighted by Crippen LogP contribution is -2.44. The Morgan fingerprint density at radius 2 is 2.00 bits per heavy atom. The molecule has 0 aromatic heterocycles. The van der Waals surface area contributed by atoms with E-state index in [0.29, 0.717) is 0 Å². The van der Waals surface area contributed by atoms with Crippen molar-refractivity contribution < 1.29 is 28.6 Å². The molecule has 0 unspecified atom stereocenters. The number of carbonyl (C=O) groups is 3. The fourth-order valence-electron chi connectivity index (χ4n) is 1.35. The van der Waals surface area contributed by atoms with Crippen molar-refractivity contribution in [3.63, 3.8) is 0 Å². The molecule has 0 aromatic rings. The lowest BCUT2D eigenvalue weighted by molar-refractivity contribution is -0.146. The van der Waals surface area contributed by atoms with Gasteiger partial charge in [0.15, 0.2) is 0 Å². The summed E-state index contributed by atoms with van der Waals surface area (Å²) in [5.41, 5.74) is -0.887. The summed E-state index contributed by atoms with van der Waals surface area (Å²) in [6.45, 7) is 5.30. The summed E-state index contributed by atoms with van der Waals surface area (Å²) in [7, 11) is 1.17. The van der Waals surface area contributed by atoms with Gasteiger partial charge in [-0.1, -0.05) is 0 Å². The van der Waals surface area contributed by atoms with Crippen LogP contribution in [0.1, 0.15) is 20.8 Å². The van der Waals surface area contributed by atoms with E-state index < -0.39 is 23.6 Å². The van der Waals surface area contributed by atoms with Crippen LogP contribution in [0.3, 0.4) is 0 Å². The maximum absolute atomic E-state index is 11.9. The predicted octanol–water partition coefficient (Wildman–Crippen LogP) is 0.837. The van der Waals surface area contributed by atoms with Gasteiger partial charge in [-0.3, -0.25) is 4.90 Å². The van der Waals surface area contributed by atoms with Crippen LogP contribution >= 0.6 is 0 Å². The Labute approximate surface area is 111 Å². The second-order valence-corrected chi connectivity index (χ2v) is 4.82. The second kappa shape index (κ2) is 5.73. The maximum Gasteiger partial charge on any atom is 0.415 e. The van der Waals surface area contributed by atoms with Gasteiger partial charge in [0.05, 0.1) is 19.7 Å². The molecule has 0 saturated carbocycles. The van der Waals surface area contributed by atoms with E-state index >= 15 is 0 Å². The number of morpholine rings is 1. The van der Waals surface area contributed by atoms with Crippen molar-refractivity contribution in [2.75, 3.05) is 20.3 Å². The molecule has 0 bridgehead atoms. The normalized spacial score (nSPS) is 18.0. The first-order chi connectivity index (χ1) is 8.74. The van der Waals surface area contributed by atoms with E-state index in [1.807, 2.05) is 0 Å². The van der Waals surface area contributed by atoms with Gasteiger partial charge >= 0.3 is 18.0 Å². The summed E-state index contributed by atoms with van der Waals surface area (Å²) in [5.74, 6) is -1.51. The number of esters is 2. The highest BCUT2D eigenvalue weighted by molar-refractivity contribution is 5.99. The third-order valence-electron chi connectivity index (χ3n) is 2.12. The Bertz CT molecular complexity index is 420. The molecule has 1 heterocycles. The van der Waals surface area contributed by atoms with Crippen LogP contribution in [0.15, 0.2) is 11.8 Å². The monoisotopic (exact) mass is 271 g/mol. The SMILES string of the molecule is COC(=O)/C=C1\C(=O)OCCN1C(=O)OC(C)(C)C. The molecule has 0 radical (unpaired) electrons. The van der Waals surface area contributed by atoms with Crippen molar-refractivity contribution in [1.29, 1.82) is 0 Å². The molecule has 1 saturated heterocycles.